The summed E-state index contributed by atoms with van der Waals surface area (Å²) in [6.45, 7) is 2.12. The smallest absolute Gasteiger partial charge is 0.325 e. The normalized spacial score (nSPS) is 16.7. The van der Waals surface area contributed by atoms with Gasteiger partial charge < -0.3 is 25.0 Å². The highest BCUT2D eigenvalue weighted by Crippen LogP contribution is 2.24. The molecule has 0 unspecified atom stereocenters. The minimum Gasteiger partial charge on any atom is -0.497 e. The van der Waals surface area contributed by atoms with Crippen molar-refractivity contribution in [2.75, 3.05) is 31.7 Å². The van der Waals surface area contributed by atoms with E-state index in [4.69, 9.17) is 9.47 Å². The van der Waals surface area contributed by atoms with Crippen molar-refractivity contribution in [2.45, 2.75) is 19.4 Å². The van der Waals surface area contributed by atoms with E-state index >= 15 is 0 Å². The highest BCUT2D eigenvalue weighted by molar-refractivity contribution is 5.96. The molecule has 0 spiro atoms. The Labute approximate surface area is 140 Å². The molecule has 3 amide bonds. The average molecular weight is 335 g/mol. The number of esters is 1. The van der Waals surface area contributed by atoms with E-state index in [9.17, 15) is 14.4 Å². The summed E-state index contributed by atoms with van der Waals surface area (Å²) in [5, 5.41) is 5.09. The predicted molar refractivity (Wildman–Crippen MR) is 86.9 cm³/mol. The van der Waals surface area contributed by atoms with Crippen LogP contribution in [0, 0.1) is 0 Å². The van der Waals surface area contributed by atoms with Crippen LogP contribution in [-0.2, 0) is 14.3 Å². The number of carbonyl (C=O) groups excluding carboxylic acids is 3. The minimum absolute atomic E-state index is 0.0733. The van der Waals surface area contributed by atoms with Gasteiger partial charge in [-0.2, -0.15) is 0 Å². The molecule has 0 aromatic heterocycles. The Bertz CT molecular complexity index is 602. The number of benzene rings is 1. The zero-order chi connectivity index (χ0) is 17.5. The van der Waals surface area contributed by atoms with Crippen molar-refractivity contribution in [1.29, 1.82) is 0 Å². The number of hydrogen-bond donors (Lipinski definition) is 2. The summed E-state index contributed by atoms with van der Waals surface area (Å²) in [6, 6.07) is 6.31. The maximum Gasteiger partial charge on any atom is 0.325 e. The molecular formula is C16H21N3O5. The van der Waals surface area contributed by atoms with E-state index in [-0.39, 0.29) is 31.5 Å². The van der Waals surface area contributed by atoms with Gasteiger partial charge in [0.2, 0.25) is 5.91 Å². The first-order valence-electron chi connectivity index (χ1n) is 7.68. The monoisotopic (exact) mass is 335 g/mol. The van der Waals surface area contributed by atoms with Gasteiger partial charge in [0.1, 0.15) is 12.3 Å². The molecule has 1 aromatic rings. The second-order valence-corrected chi connectivity index (χ2v) is 5.24. The molecule has 130 valence electrons. The second-order valence-electron chi connectivity index (χ2n) is 5.24. The Morgan fingerprint density at radius 2 is 2.00 bits per heavy atom. The molecule has 1 aromatic carbocycles. The van der Waals surface area contributed by atoms with Crippen LogP contribution in [0.4, 0.5) is 10.5 Å². The fourth-order valence-electron chi connectivity index (χ4n) is 2.42. The van der Waals surface area contributed by atoms with Crippen molar-refractivity contribution in [3.8, 4) is 5.75 Å². The van der Waals surface area contributed by atoms with E-state index in [1.54, 1.807) is 43.2 Å². The van der Waals surface area contributed by atoms with Gasteiger partial charge >= 0.3 is 12.0 Å². The quantitative estimate of drug-likeness (QED) is 0.745. The van der Waals surface area contributed by atoms with E-state index < -0.39 is 12.0 Å². The first-order chi connectivity index (χ1) is 11.5. The molecule has 1 fully saturated rings. The Kier molecular flexibility index (Phi) is 6.00. The van der Waals surface area contributed by atoms with Crippen molar-refractivity contribution in [3.05, 3.63) is 24.3 Å². The molecule has 0 aliphatic carbocycles. The Hall–Kier alpha value is -2.77. The van der Waals surface area contributed by atoms with Crippen LogP contribution >= 0.6 is 0 Å². The van der Waals surface area contributed by atoms with Gasteiger partial charge in [-0.15, -0.1) is 0 Å². The molecule has 2 rings (SSSR count). The number of rotatable bonds is 6. The van der Waals surface area contributed by atoms with Gasteiger partial charge in [-0.05, 0) is 31.2 Å². The van der Waals surface area contributed by atoms with Gasteiger partial charge in [0.05, 0.1) is 19.8 Å². The highest BCUT2D eigenvalue weighted by atomic mass is 16.5. The minimum atomic E-state index is -0.505. The molecule has 8 nitrogen and oxygen atoms in total. The fourth-order valence-corrected chi connectivity index (χ4v) is 2.42. The van der Waals surface area contributed by atoms with Crippen LogP contribution < -0.4 is 20.3 Å². The van der Waals surface area contributed by atoms with Crippen LogP contribution in [-0.4, -0.2) is 50.8 Å². The number of ether oxygens (including phenoxy) is 2. The summed E-state index contributed by atoms with van der Waals surface area (Å²) >= 11 is 0. The zero-order valence-electron chi connectivity index (χ0n) is 13.7. The summed E-state index contributed by atoms with van der Waals surface area (Å²) in [6.07, 6.45) is 0.207. The molecule has 0 saturated carbocycles. The van der Waals surface area contributed by atoms with Crippen LogP contribution in [0.3, 0.4) is 0 Å². The maximum atomic E-state index is 12.1. The molecular weight excluding hydrogens is 314 g/mol. The Morgan fingerprint density at radius 3 is 2.62 bits per heavy atom. The number of nitrogens with one attached hydrogen (secondary N) is 2. The first kappa shape index (κ1) is 17.6. The molecule has 1 saturated heterocycles. The molecule has 1 atom stereocenters. The number of hydrogen-bond acceptors (Lipinski definition) is 5. The topological polar surface area (TPSA) is 97.0 Å². The van der Waals surface area contributed by atoms with Crippen LogP contribution in [0.25, 0.3) is 0 Å². The van der Waals surface area contributed by atoms with E-state index in [1.165, 1.54) is 0 Å². The van der Waals surface area contributed by atoms with Gasteiger partial charge in [-0.25, -0.2) is 4.79 Å². The molecule has 24 heavy (non-hydrogen) atoms. The number of methoxy groups -OCH3 is 1. The van der Waals surface area contributed by atoms with E-state index in [1.807, 2.05) is 0 Å². The first-order valence-corrected chi connectivity index (χ1v) is 7.68. The van der Waals surface area contributed by atoms with E-state index in [0.717, 1.165) is 5.69 Å². The number of carbonyl (C=O) groups is 3. The third-order valence-corrected chi connectivity index (χ3v) is 3.54. The van der Waals surface area contributed by atoms with Crippen LogP contribution in [0.5, 0.6) is 5.75 Å². The molecule has 2 N–H and O–H groups in total. The number of anilines is 1. The third-order valence-electron chi connectivity index (χ3n) is 3.54. The fraction of sp³-hybridized carbons (Fsp3) is 0.438. The van der Waals surface area contributed by atoms with Crippen molar-refractivity contribution in [2.24, 2.45) is 0 Å². The highest BCUT2D eigenvalue weighted by Gasteiger charge is 2.31. The molecule has 0 radical (unpaired) electrons. The standard InChI is InChI=1S/C16H21N3O5/c1-3-24-15(21)9-17-16(22)18-11-8-14(20)19(10-11)12-4-6-13(23-2)7-5-12/h4-7,11H,3,8-10H2,1-2H3,(H2,17,18,22)/t11-/m1/s1. The molecule has 0 bridgehead atoms. The van der Waals surface area contributed by atoms with Crippen LogP contribution in [0.15, 0.2) is 24.3 Å². The van der Waals surface area contributed by atoms with Crippen molar-refractivity contribution >= 4 is 23.6 Å². The number of nitrogens with zero attached hydrogens (tertiary/aromatic N) is 1. The molecule has 1 aliphatic heterocycles. The van der Waals surface area contributed by atoms with Gasteiger partial charge in [0.15, 0.2) is 0 Å². The maximum absolute atomic E-state index is 12.1. The second kappa shape index (κ2) is 8.19. The predicted octanol–water partition coefficient (Wildman–Crippen LogP) is 0.663. The number of amides is 3. The Morgan fingerprint density at radius 1 is 1.29 bits per heavy atom. The van der Waals surface area contributed by atoms with Crippen LogP contribution in [0.2, 0.25) is 0 Å². The van der Waals surface area contributed by atoms with Gasteiger partial charge in [0.25, 0.3) is 0 Å². The van der Waals surface area contributed by atoms with Crippen LogP contribution in [0.1, 0.15) is 13.3 Å². The lowest BCUT2D eigenvalue weighted by molar-refractivity contribution is -0.141. The van der Waals surface area contributed by atoms with Crippen molar-refractivity contribution in [1.82, 2.24) is 10.6 Å². The SMILES string of the molecule is CCOC(=O)CNC(=O)N[C@@H]1CC(=O)N(c2ccc(OC)cc2)C1. The lowest BCUT2D eigenvalue weighted by Gasteiger charge is -2.17. The van der Waals surface area contributed by atoms with Crippen molar-refractivity contribution < 1.29 is 23.9 Å². The summed E-state index contributed by atoms with van der Waals surface area (Å²) in [5.74, 6) is 0.129. The lowest BCUT2D eigenvalue weighted by Crippen LogP contribution is -2.45. The molecule has 1 aliphatic rings. The lowest BCUT2D eigenvalue weighted by atomic mass is 10.2. The van der Waals surface area contributed by atoms with Gasteiger partial charge in [-0.3, -0.25) is 9.59 Å². The molecule has 8 heteroatoms. The van der Waals surface area contributed by atoms with E-state index in [2.05, 4.69) is 10.6 Å². The van der Waals surface area contributed by atoms with Gasteiger partial charge in [0, 0.05) is 18.7 Å². The molecule has 1 heterocycles. The summed E-state index contributed by atoms with van der Waals surface area (Å²) in [5.41, 5.74) is 0.747. The van der Waals surface area contributed by atoms with Crippen molar-refractivity contribution in [3.63, 3.8) is 0 Å². The number of urea groups is 1. The summed E-state index contributed by atoms with van der Waals surface area (Å²) < 4.78 is 9.81. The van der Waals surface area contributed by atoms with E-state index in [0.29, 0.717) is 12.3 Å². The summed E-state index contributed by atoms with van der Waals surface area (Å²) in [7, 11) is 1.57. The summed E-state index contributed by atoms with van der Waals surface area (Å²) in [4.78, 5) is 36.7. The van der Waals surface area contributed by atoms with Gasteiger partial charge in [-0.1, -0.05) is 0 Å². The third kappa shape index (κ3) is 4.61. The Balaban J connectivity index is 1.85. The average Bonchev–Trinajstić information content (AvgIpc) is 2.93. The largest absolute Gasteiger partial charge is 0.497 e. The zero-order valence-corrected chi connectivity index (χ0v) is 13.7.